The molecule has 3 aromatic carbocycles. The van der Waals surface area contributed by atoms with E-state index in [1.54, 1.807) is 12.3 Å². The van der Waals surface area contributed by atoms with E-state index in [1.807, 2.05) is 42.8 Å². The van der Waals surface area contributed by atoms with Crippen LogP contribution in [0.4, 0.5) is 26.0 Å². The maximum atomic E-state index is 15.4. The summed E-state index contributed by atoms with van der Waals surface area (Å²) < 4.78 is 64.1. The third-order valence-corrected chi connectivity index (χ3v) is 8.48. The Morgan fingerprint density at radius 3 is 2.40 bits per heavy atom. The van der Waals surface area contributed by atoms with Crippen LogP contribution >= 0.6 is 0 Å². The van der Waals surface area contributed by atoms with Crippen LogP contribution < -0.4 is 15.8 Å². The number of pyridine rings is 1. The molecule has 43 heavy (non-hydrogen) atoms. The van der Waals surface area contributed by atoms with Gasteiger partial charge in [-0.1, -0.05) is 36.4 Å². The molecule has 0 saturated carbocycles. The lowest BCUT2D eigenvalue weighted by Crippen LogP contribution is -2.40. The van der Waals surface area contributed by atoms with Crippen molar-refractivity contribution < 1.29 is 21.9 Å². The summed E-state index contributed by atoms with van der Waals surface area (Å²) in [7, 11) is -4.09. The van der Waals surface area contributed by atoms with Crippen LogP contribution in [0.5, 0.6) is 0 Å². The van der Waals surface area contributed by atoms with Crippen molar-refractivity contribution in [3.05, 3.63) is 90.1 Å². The zero-order valence-electron chi connectivity index (χ0n) is 23.5. The van der Waals surface area contributed by atoms with Gasteiger partial charge < -0.3 is 15.8 Å². The summed E-state index contributed by atoms with van der Waals surface area (Å²) in [5.74, 6) is -1.87. The van der Waals surface area contributed by atoms with Gasteiger partial charge in [-0.25, -0.2) is 22.2 Å². The van der Waals surface area contributed by atoms with Gasteiger partial charge in [0.25, 0.3) is 0 Å². The highest BCUT2D eigenvalue weighted by Crippen LogP contribution is 2.39. The van der Waals surface area contributed by atoms with E-state index in [0.29, 0.717) is 35.9 Å². The molecule has 1 aliphatic heterocycles. The SMILES string of the molecule is CC(C)n1nc(-c2ccc(NS(=O)(=O)Cc3ccccc3F)c(F)c2)c2c(N)ncc(-c3ccc(NC4COC4)cc3)c21. The van der Waals surface area contributed by atoms with Crippen LogP contribution in [0.1, 0.15) is 25.5 Å². The van der Waals surface area contributed by atoms with E-state index < -0.39 is 27.4 Å². The zero-order valence-corrected chi connectivity index (χ0v) is 24.3. The fourth-order valence-electron chi connectivity index (χ4n) is 5.05. The van der Waals surface area contributed by atoms with Crippen LogP contribution in [-0.2, 0) is 20.5 Å². The maximum Gasteiger partial charge on any atom is 0.237 e. The standard InChI is InChI=1S/C31H30F2N6O3S/c1-18(2)39-30-24(19-7-10-22(11-8-19)36-23-15-42-16-23)14-35-31(34)28(30)29(37-39)20-9-12-27(26(33)13-20)38-43(40,41)17-21-5-3-4-6-25(21)32/h3-14,18,23,36,38H,15-17H2,1-2H3,(H2,34,35). The van der Waals surface area contributed by atoms with Gasteiger partial charge in [-0.3, -0.25) is 9.40 Å². The van der Waals surface area contributed by atoms with E-state index in [0.717, 1.165) is 22.3 Å². The normalized spacial score (nSPS) is 13.8. The Morgan fingerprint density at radius 2 is 1.74 bits per heavy atom. The number of hydrogen-bond acceptors (Lipinski definition) is 7. The molecule has 1 fully saturated rings. The predicted octanol–water partition coefficient (Wildman–Crippen LogP) is 5.96. The van der Waals surface area contributed by atoms with E-state index >= 15 is 4.39 Å². The third-order valence-electron chi connectivity index (χ3n) is 7.26. The molecule has 0 bridgehead atoms. The lowest BCUT2D eigenvalue weighted by atomic mass is 10.0. The highest BCUT2D eigenvalue weighted by Gasteiger charge is 2.23. The van der Waals surface area contributed by atoms with Gasteiger partial charge in [-0.2, -0.15) is 5.10 Å². The number of rotatable bonds is 9. The van der Waals surface area contributed by atoms with Crippen molar-refractivity contribution in [2.75, 3.05) is 29.0 Å². The fourth-order valence-corrected chi connectivity index (χ4v) is 6.27. The van der Waals surface area contributed by atoms with E-state index in [-0.39, 0.29) is 23.1 Å². The molecule has 0 atom stereocenters. The molecule has 0 aliphatic carbocycles. The van der Waals surface area contributed by atoms with Crippen molar-refractivity contribution >= 4 is 38.1 Å². The monoisotopic (exact) mass is 604 g/mol. The minimum atomic E-state index is -4.09. The molecule has 4 N–H and O–H groups in total. The Morgan fingerprint density at radius 1 is 1.02 bits per heavy atom. The van der Waals surface area contributed by atoms with Crippen LogP contribution in [0, 0.1) is 11.6 Å². The van der Waals surface area contributed by atoms with Crippen molar-refractivity contribution in [1.82, 2.24) is 14.8 Å². The van der Waals surface area contributed by atoms with Crippen molar-refractivity contribution in [1.29, 1.82) is 0 Å². The Balaban J connectivity index is 1.35. The van der Waals surface area contributed by atoms with Gasteiger partial charge >= 0.3 is 0 Å². The molecule has 0 amide bonds. The van der Waals surface area contributed by atoms with Gasteiger partial charge in [-0.15, -0.1) is 0 Å². The van der Waals surface area contributed by atoms with Crippen LogP contribution in [0.3, 0.4) is 0 Å². The average Bonchev–Trinajstić information content (AvgIpc) is 3.36. The number of halogens is 2. The second kappa shape index (κ2) is 11.3. The quantitative estimate of drug-likeness (QED) is 0.190. The first kappa shape index (κ1) is 28.6. The molecule has 6 rings (SSSR count). The number of nitrogens with two attached hydrogens (primary N) is 1. The van der Waals surface area contributed by atoms with E-state index in [9.17, 15) is 12.8 Å². The molecule has 0 radical (unpaired) electrons. The number of hydrogen-bond donors (Lipinski definition) is 3. The summed E-state index contributed by atoms with van der Waals surface area (Å²) in [5.41, 5.74) is 10.4. The molecule has 3 heterocycles. The van der Waals surface area contributed by atoms with E-state index in [1.165, 1.54) is 36.4 Å². The van der Waals surface area contributed by atoms with Crippen molar-refractivity contribution in [2.24, 2.45) is 0 Å². The average molecular weight is 605 g/mol. The molecule has 0 spiro atoms. The van der Waals surface area contributed by atoms with Crippen LogP contribution in [-0.4, -0.2) is 42.4 Å². The summed E-state index contributed by atoms with van der Waals surface area (Å²) in [6.45, 7) is 5.33. The van der Waals surface area contributed by atoms with Crippen molar-refractivity contribution in [2.45, 2.75) is 31.7 Å². The molecule has 5 aromatic rings. The van der Waals surface area contributed by atoms with Gasteiger partial charge in [0.05, 0.1) is 41.6 Å². The van der Waals surface area contributed by atoms with Gasteiger partial charge in [0.1, 0.15) is 23.1 Å². The van der Waals surface area contributed by atoms with Crippen LogP contribution in [0.2, 0.25) is 0 Å². The molecule has 1 saturated heterocycles. The molecule has 9 nitrogen and oxygen atoms in total. The molecule has 222 valence electrons. The van der Waals surface area contributed by atoms with Crippen LogP contribution in [0.15, 0.2) is 72.9 Å². The summed E-state index contributed by atoms with van der Waals surface area (Å²) in [4.78, 5) is 4.45. The Hall–Kier alpha value is -4.55. The first-order valence-electron chi connectivity index (χ1n) is 13.7. The largest absolute Gasteiger partial charge is 0.383 e. The lowest BCUT2D eigenvalue weighted by molar-refractivity contribution is 0.0211. The molecule has 0 unspecified atom stereocenters. The number of aromatic nitrogens is 3. The molecule has 12 heteroatoms. The van der Waals surface area contributed by atoms with Gasteiger partial charge in [0, 0.05) is 34.6 Å². The number of nitrogen functional groups attached to an aromatic ring is 1. The van der Waals surface area contributed by atoms with Gasteiger partial charge in [0.2, 0.25) is 10.0 Å². The Kier molecular flexibility index (Phi) is 7.49. The number of nitrogens with zero attached hydrogens (tertiary/aromatic N) is 3. The number of ether oxygens (including phenoxy) is 1. The highest BCUT2D eigenvalue weighted by molar-refractivity contribution is 7.91. The third kappa shape index (κ3) is 5.75. The first-order chi connectivity index (χ1) is 20.6. The van der Waals surface area contributed by atoms with E-state index in [2.05, 4.69) is 15.0 Å². The summed E-state index contributed by atoms with van der Waals surface area (Å²) in [6.07, 6.45) is 1.71. The fraction of sp³-hybridized carbons (Fsp3) is 0.226. The topological polar surface area (TPSA) is 124 Å². The minimum absolute atomic E-state index is 0.0182. The lowest BCUT2D eigenvalue weighted by Gasteiger charge is -2.27. The number of fused-ring (bicyclic) bond motifs is 1. The number of anilines is 3. The van der Waals surface area contributed by atoms with Gasteiger partial charge in [0.15, 0.2) is 0 Å². The predicted molar refractivity (Wildman–Crippen MR) is 164 cm³/mol. The molecular formula is C31H30F2N6O3S. The first-order valence-corrected chi connectivity index (χ1v) is 15.4. The smallest absolute Gasteiger partial charge is 0.237 e. The zero-order chi connectivity index (χ0) is 30.3. The molecular weight excluding hydrogens is 574 g/mol. The number of benzene rings is 3. The second-order valence-electron chi connectivity index (χ2n) is 10.8. The summed E-state index contributed by atoms with van der Waals surface area (Å²) in [6, 6.07) is 17.8. The summed E-state index contributed by atoms with van der Waals surface area (Å²) in [5, 5.41) is 8.80. The maximum absolute atomic E-state index is 15.4. The Labute approximate surface area is 247 Å². The van der Waals surface area contributed by atoms with Crippen molar-refractivity contribution in [3.8, 4) is 22.4 Å². The van der Waals surface area contributed by atoms with Crippen LogP contribution in [0.25, 0.3) is 33.3 Å². The van der Waals surface area contributed by atoms with Gasteiger partial charge in [-0.05, 0) is 49.7 Å². The summed E-state index contributed by atoms with van der Waals surface area (Å²) >= 11 is 0. The number of sulfonamides is 1. The minimum Gasteiger partial charge on any atom is -0.383 e. The van der Waals surface area contributed by atoms with Crippen molar-refractivity contribution in [3.63, 3.8) is 0 Å². The Bertz CT molecular complexity index is 1920. The second-order valence-corrected chi connectivity index (χ2v) is 12.5. The molecule has 2 aromatic heterocycles. The number of nitrogens with one attached hydrogen (secondary N) is 2. The van der Waals surface area contributed by atoms with E-state index in [4.69, 9.17) is 15.6 Å². The molecule has 1 aliphatic rings. The highest BCUT2D eigenvalue weighted by atomic mass is 32.2.